The van der Waals surface area contributed by atoms with Gasteiger partial charge in [-0.3, -0.25) is 4.68 Å². The first-order chi connectivity index (χ1) is 17.0. The Balaban J connectivity index is 1.17. The maximum absolute atomic E-state index is 4.65. The highest BCUT2D eigenvalue weighted by atomic mass is 15.3. The number of hydrogen-bond acceptors (Lipinski definition) is 6. The highest BCUT2D eigenvalue weighted by Gasteiger charge is 2.44. The fourth-order valence-corrected chi connectivity index (χ4v) is 5.30. The molecule has 2 aliphatic heterocycles. The number of anilines is 2. The van der Waals surface area contributed by atoms with Crippen LogP contribution in [0.4, 0.5) is 11.6 Å². The van der Waals surface area contributed by atoms with Gasteiger partial charge in [0.2, 0.25) is 0 Å². The number of benzene rings is 1. The van der Waals surface area contributed by atoms with Crippen LogP contribution in [0.15, 0.2) is 67.8 Å². The lowest BCUT2D eigenvalue weighted by molar-refractivity contribution is 0.0900. The van der Waals surface area contributed by atoms with Crippen molar-refractivity contribution in [1.82, 2.24) is 24.6 Å². The molecule has 178 valence electrons. The van der Waals surface area contributed by atoms with E-state index in [1.54, 1.807) is 0 Å². The minimum Gasteiger partial charge on any atom is -0.355 e. The summed E-state index contributed by atoms with van der Waals surface area (Å²) in [5.74, 6) is 1.81. The molecule has 5 heterocycles. The molecule has 4 aromatic rings. The van der Waals surface area contributed by atoms with E-state index in [1.807, 2.05) is 42.6 Å². The molecule has 0 radical (unpaired) electrons. The number of rotatable bonds is 5. The van der Waals surface area contributed by atoms with Gasteiger partial charge in [0.25, 0.3) is 0 Å². The molecule has 6 rings (SSSR count). The van der Waals surface area contributed by atoms with E-state index in [-0.39, 0.29) is 0 Å². The fourth-order valence-electron chi connectivity index (χ4n) is 5.30. The third-order valence-corrected chi connectivity index (χ3v) is 7.56. The lowest BCUT2D eigenvalue weighted by Gasteiger charge is -2.54. The van der Waals surface area contributed by atoms with Gasteiger partial charge in [-0.05, 0) is 68.2 Å². The highest BCUT2D eigenvalue weighted by molar-refractivity contribution is 5.89. The summed E-state index contributed by atoms with van der Waals surface area (Å²) in [4.78, 5) is 14.1. The molecule has 35 heavy (non-hydrogen) atoms. The minimum absolute atomic E-state index is 0.475. The van der Waals surface area contributed by atoms with Gasteiger partial charge in [-0.2, -0.15) is 5.10 Å². The van der Waals surface area contributed by atoms with Crippen LogP contribution in [0.2, 0.25) is 0 Å². The number of nitrogens with one attached hydrogen (secondary N) is 1. The number of likely N-dealkylation sites (tertiary alicyclic amines) is 1. The number of aryl methyl sites for hydroxylation is 1. The molecule has 2 aliphatic rings. The van der Waals surface area contributed by atoms with E-state index >= 15 is 0 Å². The molecule has 1 spiro atoms. The molecule has 7 nitrogen and oxygen atoms in total. The summed E-state index contributed by atoms with van der Waals surface area (Å²) in [5, 5.41) is 9.91. The van der Waals surface area contributed by atoms with Crippen molar-refractivity contribution in [3.8, 4) is 11.1 Å². The summed E-state index contributed by atoms with van der Waals surface area (Å²) in [6, 6.07) is 12.6. The standard InChI is InChI=1S/C28H31N7/c1-20(21-6-9-29-27(14-21)35-18-28(19-35)7-10-33(2)11-8-28)32-26-13-24-12-22(4-5-23(24)15-30-26)25-16-31-34(3)17-25/h4-6,9,12-17H,1,7-8,10-11,18-19H2,2-3H3,(H,30,32). The molecule has 0 saturated carbocycles. The minimum atomic E-state index is 0.475. The molecule has 2 fully saturated rings. The highest BCUT2D eigenvalue weighted by Crippen LogP contribution is 2.42. The summed E-state index contributed by atoms with van der Waals surface area (Å²) in [6.07, 6.45) is 10.3. The van der Waals surface area contributed by atoms with Gasteiger partial charge in [0, 0.05) is 66.4 Å². The van der Waals surface area contributed by atoms with E-state index in [2.05, 4.69) is 74.1 Å². The molecule has 0 atom stereocenters. The van der Waals surface area contributed by atoms with Crippen LogP contribution in [-0.4, -0.2) is 57.9 Å². The van der Waals surface area contributed by atoms with Crippen molar-refractivity contribution in [2.24, 2.45) is 12.5 Å². The number of fused-ring (bicyclic) bond motifs is 1. The van der Waals surface area contributed by atoms with Crippen LogP contribution in [0.1, 0.15) is 18.4 Å². The average Bonchev–Trinajstić information content (AvgIpc) is 3.29. The third-order valence-electron chi connectivity index (χ3n) is 7.56. The molecule has 7 heteroatoms. The first-order valence-corrected chi connectivity index (χ1v) is 12.2. The van der Waals surface area contributed by atoms with Gasteiger partial charge < -0.3 is 15.1 Å². The van der Waals surface area contributed by atoms with Crippen LogP contribution >= 0.6 is 0 Å². The van der Waals surface area contributed by atoms with E-state index < -0.39 is 0 Å². The zero-order valence-corrected chi connectivity index (χ0v) is 20.4. The summed E-state index contributed by atoms with van der Waals surface area (Å²) < 4.78 is 1.82. The molecule has 3 aromatic heterocycles. The van der Waals surface area contributed by atoms with E-state index in [4.69, 9.17) is 0 Å². The zero-order valence-electron chi connectivity index (χ0n) is 20.4. The molecular formula is C28H31N7. The fraction of sp³-hybridized carbons (Fsp3) is 0.321. The number of pyridine rings is 2. The second-order valence-electron chi connectivity index (χ2n) is 10.2. The first kappa shape index (κ1) is 21.8. The number of aromatic nitrogens is 4. The molecule has 0 amide bonds. The summed E-state index contributed by atoms with van der Waals surface area (Å²) in [5.41, 5.74) is 4.56. The van der Waals surface area contributed by atoms with E-state index in [0.29, 0.717) is 5.41 Å². The van der Waals surface area contributed by atoms with Crippen LogP contribution in [0.25, 0.3) is 27.6 Å². The lowest BCUT2D eigenvalue weighted by Crippen LogP contribution is -2.60. The Hall–Kier alpha value is -3.71. The number of hydrogen-bond donors (Lipinski definition) is 1. The van der Waals surface area contributed by atoms with Crippen LogP contribution in [-0.2, 0) is 7.05 Å². The second kappa shape index (κ2) is 8.50. The SMILES string of the molecule is C=C(Nc1cc2cc(-c3cnn(C)c3)ccc2cn1)c1ccnc(N2CC3(CCN(C)CC3)C2)c1. The number of nitrogens with zero attached hydrogens (tertiary/aromatic N) is 6. The van der Waals surface area contributed by atoms with Gasteiger partial charge in [-0.15, -0.1) is 0 Å². The largest absolute Gasteiger partial charge is 0.355 e. The van der Waals surface area contributed by atoms with Crippen LogP contribution in [0.5, 0.6) is 0 Å². The van der Waals surface area contributed by atoms with Crippen molar-refractivity contribution < 1.29 is 0 Å². The molecule has 0 bridgehead atoms. The maximum atomic E-state index is 4.65. The van der Waals surface area contributed by atoms with Crippen molar-refractivity contribution in [2.75, 3.05) is 43.4 Å². The molecule has 0 aliphatic carbocycles. The topological polar surface area (TPSA) is 62.1 Å². The molecule has 0 unspecified atom stereocenters. The Kier molecular flexibility index (Phi) is 5.29. The second-order valence-corrected chi connectivity index (χ2v) is 10.2. The summed E-state index contributed by atoms with van der Waals surface area (Å²) in [7, 11) is 4.15. The van der Waals surface area contributed by atoms with Gasteiger partial charge in [0.1, 0.15) is 11.6 Å². The van der Waals surface area contributed by atoms with Crippen LogP contribution in [0, 0.1) is 5.41 Å². The number of piperidine rings is 1. The Morgan fingerprint density at radius 2 is 1.77 bits per heavy atom. The van der Waals surface area contributed by atoms with Gasteiger partial charge in [-0.1, -0.05) is 18.7 Å². The maximum Gasteiger partial charge on any atom is 0.130 e. The molecule has 2 saturated heterocycles. The van der Waals surface area contributed by atoms with Crippen LogP contribution < -0.4 is 10.2 Å². The Morgan fingerprint density at radius 3 is 2.54 bits per heavy atom. The molecular weight excluding hydrogens is 434 g/mol. The zero-order chi connectivity index (χ0) is 24.0. The predicted octanol–water partition coefficient (Wildman–Crippen LogP) is 4.65. The van der Waals surface area contributed by atoms with Gasteiger partial charge in [0.15, 0.2) is 0 Å². The van der Waals surface area contributed by atoms with Crippen molar-refractivity contribution in [2.45, 2.75) is 12.8 Å². The van der Waals surface area contributed by atoms with Crippen molar-refractivity contribution >= 4 is 28.1 Å². The van der Waals surface area contributed by atoms with E-state index in [9.17, 15) is 0 Å². The Morgan fingerprint density at radius 1 is 0.943 bits per heavy atom. The smallest absolute Gasteiger partial charge is 0.130 e. The quantitative estimate of drug-likeness (QED) is 0.463. The van der Waals surface area contributed by atoms with E-state index in [1.165, 1.54) is 25.9 Å². The average molecular weight is 466 g/mol. The van der Waals surface area contributed by atoms with E-state index in [0.717, 1.165) is 57.9 Å². The summed E-state index contributed by atoms with van der Waals surface area (Å²) in [6.45, 7) is 8.89. The van der Waals surface area contributed by atoms with Gasteiger partial charge in [0.05, 0.1) is 6.20 Å². The van der Waals surface area contributed by atoms with Crippen molar-refractivity contribution in [3.63, 3.8) is 0 Å². The normalized spacial score (nSPS) is 17.5. The first-order valence-electron chi connectivity index (χ1n) is 12.2. The summed E-state index contributed by atoms with van der Waals surface area (Å²) >= 11 is 0. The monoisotopic (exact) mass is 465 g/mol. The Bertz CT molecular complexity index is 1390. The van der Waals surface area contributed by atoms with Crippen LogP contribution in [0.3, 0.4) is 0 Å². The van der Waals surface area contributed by atoms with Gasteiger partial charge >= 0.3 is 0 Å². The van der Waals surface area contributed by atoms with Gasteiger partial charge in [-0.25, -0.2) is 9.97 Å². The lowest BCUT2D eigenvalue weighted by atomic mass is 9.72. The Labute approximate surface area is 206 Å². The molecule has 1 aromatic carbocycles. The van der Waals surface area contributed by atoms with Crippen molar-refractivity contribution in [3.05, 3.63) is 73.3 Å². The van der Waals surface area contributed by atoms with Crippen molar-refractivity contribution in [1.29, 1.82) is 0 Å². The predicted molar refractivity (Wildman–Crippen MR) is 142 cm³/mol. The third kappa shape index (κ3) is 4.28. The molecule has 1 N–H and O–H groups in total.